The number of carbonyl (C=O) groups excluding carboxylic acids is 1. The number of nitrogens with zero attached hydrogens (tertiary/aromatic N) is 2. The van der Waals surface area contributed by atoms with Gasteiger partial charge in [-0.2, -0.15) is 0 Å². The summed E-state index contributed by atoms with van der Waals surface area (Å²) in [4.78, 5) is 20.5. The number of aryl methyl sites for hydroxylation is 2. The Morgan fingerprint density at radius 3 is 2.82 bits per heavy atom. The van der Waals surface area contributed by atoms with Gasteiger partial charge in [0.05, 0.1) is 5.69 Å². The lowest BCUT2D eigenvalue weighted by Crippen LogP contribution is -2.24. The third-order valence-corrected chi connectivity index (χ3v) is 3.45. The molecule has 22 heavy (non-hydrogen) atoms. The number of hydrogen-bond acceptors (Lipinski definition) is 3. The number of carbonyl (C=O) groups is 1. The number of hydrogen-bond donors (Lipinski definition) is 1. The van der Waals surface area contributed by atoms with Gasteiger partial charge in [0.1, 0.15) is 11.5 Å². The van der Waals surface area contributed by atoms with Gasteiger partial charge in [0.25, 0.3) is 5.91 Å². The van der Waals surface area contributed by atoms with Crippen molar-refractivity contribution in [1.29, 1.82) is 0 Å². The molecule has 1 N–H and O–H groups in total. The number of nitrogens with one attached hydrogen (secondary N) is 1. The van der Waals surface area contributed by atoms with E-state index in [1.165, 1.54) is 11.1 Å². The first-order valence-electron chi connectivity index (χ1n) is 7.28. The molecule has 1 amide bonds. The molecule has 0 aliphatic carbocycles. The second kappa shape index (κ2) is 6.35. The van der Waals surface area contributed by atoms with Crippen LogP contribution < -0.4 is 5.32 Å². The van der Waals surface area contributed by atoms with E-state index in [1.54, 1.807) is 12.3 Å². The van der Waals surface area contributed by atoms with E-state index in [9.17, 15) is 4.79 Å². The van der Waals surface area contributed by atoms with Gasteiger partial charge in [0.15, 0.2) is 0 Å². The highest BCUT2D eigenvalue weighted by atomic mass is 16.2. The van der Waals surface area contributed by atoms with Crippen molar-refractivity contribution in [3.63, 3.8) is 0 Å². The Labute approximate surface area is 129 Å². The molecule has 0 radical (unpaired) electrons. The minimum Gasteiger partial charge on any atom is -0.309 e. The fourth-order valence-corrected chi connectivity index (χ4v) is 2.37. The van der Waals surface area contributed by atoms with Crippen LogP contribution in [0, 0.1) is 6.92 Å². The van der Waals surface area contributed by atoms with E-state index in [4.69, 9.17) is 0 Å². The largest absolute Gasteiger partial charge is 0.309 e. The fraction of sp³-hybridized carbons (Fsp3) is 0.167. The van der Waals surface area contributed by atoms with E-state index in [0.717, 1.165) is 18.5 Å². The van der Waals surface area contributed by atoms with E-state index in [2.05, 4.69) is 40.4 Å². The van der Waals surface area contributed by atoms with E-state index >= 15 is 0 Å². The monoisotopic (exact) mass is 291 g/mol. The van der Waals surface area contributed by atoms with Gasteiger partial charge in [-0.3, -0.25) is 9.78 Å². The van der Waals surface area contributed by atoms with Gasteiger partial charge in [-0.05, 0) is 37.1 Å². The second-order valence-corrected chi connectivity index (χ2v) is 5.29. The summed E-state index contributed by atoms with van der Waals surface area (Å²) in [5.74, 6) is 0.554. The number of amidine groups is 1. The smallest absolute Gasteiger partial charge is 0.275 e. The Morgan fingerprint density at radius 2 is 2.05 bits per heavy atom. The van der Waals surface area contributed by atoms with E-state index < -0.39 is 0 Å². The Balaban J connectivity index is 1.69. The van der Waals surface area contributed by atoms with Crippen LogP contribution in [0.4, 0.5) is 0 Å². The average Bonchev–Trinajstić information content (AvgIpc) is 2.87. The molecule has 2 heterocycles. The Kier molecular flexibility index (Phi) is 4.10. The van der Waals surface area contributed by atoms with Crippen LogP contribution in [0.1, 0.15) is 23.2 Å². The maximum atomic E-state index is 11.9. The van der Waals surface area contributed by atoms with Gasteiger partial charge >= 0.3 is 0 Å². The topological polar surface area (TPSA) is 54.4 Å². The van der Waals surface area contributed by atoms with Crippen molar-refractivity contribution in [2.45, 2.75) is 19.8 Å². The first-order valence-corrected chi connectivity index (χ1v) is 7.28. The molecule has 1 aromatic carbocycles. The van der Waals surface area contributed by atoms with Gasteiger partial charge in [0.2, 0.25) is 0 Å². The van der Waals surface area contributed by atoms with Crippen LogP contribution in [-0.2, 0) is 11.2 Å². The SMILES string of the molecule is Cc1cccc(CCC2=N/C(=C/c3ccccn3)C(=O)N2)c1. The first-order chi connectivity index (χ1) is 10.7. The number of benzene rings is 1. The Bertz CT molecular complexity index is 748. The average molecular weight is 291 g/mol. The second-order valence-electron chi connectivity index (χ2n) is 5.29. The van der Waals surface area contributed by atoms with Crippen LogP contribution in [0.5, 0.6) is 0 Å². The van der Waals surface area contributed by atoms with E-state index in [1.807, 2.05) is 24.3 Å². The summed E-state index contributed by atoms with van der Waals surface area (Å²) in [7, 11) is 0. The highest BCUT2D eigenvalue weighted by Crippen LogP contribution is 2.13. The summed E-state index contributed by atoms with van der Waals surface area (Å²) < 4.78 is 0. The summed E-state index contributed by atoms with van der Waals surface area (Å²) in [6, 6.07) is 13.9. The van der Waals surface area contributed by atoms with Gasteiger partial charge in [0, 0.05) is 12.6 Å². The molecule has 0 unspecified atom stereocenters. The van der Waals surface area contributed by atoms with Crippen molar-refractivity contribution < 1.29 is 4.79 Å². The fourth-order valence-electron chi connectivity index (χ4n) is 2.37. The molecule has 0 spiro atoms. The summed E-state index contributed by atoms with van der Waals surface area (Å²) in [5, 5.41) is 2.82. The lowest BCUT2D eigenvalue weighted by molar-refractivity contribution is -0.115. The van der Waals surface area contributed by atoms with Gasteiger partial charge in [-0.1, -0.05) is 35.9 Å². The number of pyridine rings is 1. The van der Waals surface area contributed by atoms with Crippen LogP contribution in [0.15, 0.2) is 59.4 Å². The predicted molar refractivity (Wildman–Crippen MR) is 87.3 cm³/mol. The van der Waals surface area contributed by atoms with E-state index in [0.29, 0.717) is 11.5 Å². The van der Waals surface area contributed by atoms with Crippen molar-refractivity contribution in [2.75, 3.05) is 0 Å². The summed E-state index contributed by atoms with van der Waals surface area (Å²) >= 11 is 0. The number of aliphatic imine (C=N–C) groups is 1. The van der Waals surface area contributed by atoms with Crippen molar-refractivity contribution in [3.8, 4) is 0 Å². The number of aromatic nitrogens is 1. The maximum Gasteiger partial charge on any atom is 0.275 e. The molecule has 2 aromatic rings. The van der Waals surface area contributed by atoms with Gasteiger partial charge in [-0.15, -0.1) is 0 Å². The van der Waals surface area contributed by atoms with Crippen molar-refractivity contribution in [2.24, 2.45) is 4.99 Å². The van der Waals surface area contributed by atoms with Crippen LogP contribution in [-0.4, -0.2) is 16.7 Å². The minimum absolute atomic E-state index is 0.162. The summed E-state index contributed by atoms with van der Waals surface area (Å²) in [5.41, 5.74) is 3.64. The van der Waals surface area contributed by atoms with Gasteiger partial charge < -0.3 is 5.32 Å². The predicted octanol–water partition coefficient (Wildman–Crippen LogP) is 2.89. The lowest BCUT2D eigenvalue weighted by atomic mass is 10.1. The molecule has 0 saturated carbocycles. The molecule has 0 bridgehead atoms. The molecule has 0 fully saturated rings. The molecule has 110 valence electrons. The molecular weight excluding hydrogens is 274 g/mol. The lowest BCUT2D eigenvalue weighted by Gasteiger charge is -2.02. The maximum absolute atomic E-state index is 11.9. The van der Waals surface area contributed by atoms with Crippen LogP contribution in [0.3, 0.4) is 0 Å². The minimum atomic E-state index is -0.162. The van der Waals surface area contributed by atoms with Crippen LogP contribution in [0.2, 0.25) is 0 Å². The molecule has 0 atom stereocenters. The zero-order valence-corrected chi connectivity index (χ0v) is 12.4. The zero-order chi connectivity index (χ0) is 15.4. The van der Waals surface area contributed by atoms with Gasteiger partial charge in [-0.25, -0.2) is 4.99 Å². The number of amides is 1. The van der Waals surface area contributed by atoms with Crippen molar-refractivity contribution >= 4 is 17.8 Å². The quantitative estimate of drug-likeness (QED) is 0.881. The summed E-state index contributed by atoms with van der Waals surface area (Å²) in [6.45, 7) is 2.08. The summed E-state index contributed by atoms with van der Waals surface area (Å²) in [6.07, 6.45) is 4.98. The molecule has 4 nitrogen and oxygen atoms in total. The zero-order valence-electron chi connectivity index (χ0n) is 12.4. The van der Waals surface area contributed by atoms with Crippen LogP contribution in [0.25, 0.3) is 6.08 Å². The molecule has 3 rings (SSSR count). The highest BCUT2D eigenvalue weighted by molar-refractivity contribution is 6.14. The molecular formula is C18H17N3O. The normalized spacial score (nSPS) is 15.8. The number of rotatable bonds is 4. The molecule has 1 aliphatic rings. The highest BCUT2D eigenvalue weighted by Gasteiger charge is 2.19. The van der Waals surface area contributed by atoms with Crippen molar-refractivity contribution in [3.05, 3.63) is 71.2 Å². The molecule has 4 heteroatoms. The van der Waals surface area contributed by atoms with E-state index in [-0.39, 0.29) is 5.91 Å². The molecule has 1 aromatic heterocycles. The Hall–Kier alpha value is -2.75. The molecule has 1 aliphatic heterocycles. The molecule has 0 saturated heterocycles. The Morgan fingerprint density at radius 1 is 1.14 bits per heavy atom. The standard InChI is InChI=1S/C18H17N3O/c1-13-5-4-6-14(11-13)8-9-17-20-16(18(22)21-17)12-15-7-2-3-10-19-15/h2-7,10-12H,8-9H2,1H3,(H,20,21,22)/b16-12+. The third-order valence-electron chi connectivity index (χ3n) is 3.45. The first kappa shape index (κ1) is 14.2. The van der Waals surface area contributed by atoms with Crippen LogP contribution >= 0.6 is 0 Å². The third kappa shape index (κ3) is 3.47. The van der Waals surface area contributed by atoms with Crippen molar-refractivity contribution in [1.82, 2.24) is 10.3 Å².